The molecule has 0 amide bonds. The minimum atomic E-state index is 0.383. The third kappa shape index (κ3) is 17.6. The van der Waals surface area contributed by atoms with Gasteiger partial charge in [0.05, 0.1) is 27.8 Å². The van der Waals surface area contributed by atoms with E-state index < -0.39 is 0 Å². The number of hydrogen-bond acceptors (Lipinski definition) is 10. The predicted molar refractivity (Wildman–Crippen MR) is 541 cm³/mol. The number of aryl methyl sites for hydroxylation is 15. The van der Waals surface area contributed by atoms with Crippen molar-refractivity contribution in [3.63, 3.8) is 0 Å². The molecule has 0 unspecified atom stereocenters. The molecule has 15 nitrogen and oxygen atoms in total. The smallest absolute Gasteiger partial charge is 0.227 e. The topological polar surface area (TPSA) is 150 Å². The average Bonchev–Trinajstić information content (AvgIpc) is 1.62. The lowest BCUT2D eigenvalue weighted by Gasteiger charge is -2.20. The highest BCUT2D eigenvalue weighted by Gasteiger charge is 2.31. The van der Waals surface area contributed by atoms with Crippen LogP contribution in [0.1, 0.15) is 234 Å². The van der Waals surface area contributed by atoms with E-state index in [9.17, 15) is 0 Å². The second-order valence-corrected chi connectivity index (χ2v) is 38.4. The van der Waals surface area contributed by atoms with Crippen molar-refractivity contribution in [1.29, 1.82) is 0 Å². The molecule has 0 N–H and O–H groups in total. The largest absolute Gasteiger partial charge is 0.437 e. The molecule has 22 rings (SSSR count). The molecular weight excluding hydrogens is 1640 g/mol. The standard InChI is InChI=1S/C27H31N2O.C26H29N2O.C23H25N2O.2C21H21N2O/c1-17(2)20-14-15-29(4)24(16-20)25-18(3)10-11-21-22-12-13-23(19-8-6-5-7-9-19)28-27(22)30-26(21)25;1-16(2)19-13-14-28(4)23(15-19)24-17(3)9-10-20-21-11-12-22(18-7-5-6-8-18)27-26(21)29-25(20)24;1-6-16-8-12-20(25(5)13-16)21-15(4)7-9-17-18-10-11-19(14(2)3)24-23(18)26-22(17)21;2*1-5-15-8-11-18(23(4)12-15)19-13(2)6-9-16-17-10-7-14(3)22-21(17)24-20(16)19/h10-17,19H,5-9H2,1-4H3;9-16,18H,5-8H2,1-4H3;7-14H,6H2,1-5H3;2*6-12H,5H2,1-4H3/q5*+1. The molecule has 2 fully saturated rings. The summed E-state index contributed by atoms with van der Waals surface area (Å²) in [6.45, 7) is 34.5. The molecule has 2 saturated carbocycles. The Balaban J connectivity index is 0.000000112. The number of rotatable bonds is 13. The van der Waals surface area contributed by atoms with Crippen molar-refractivity contribution in [2.24, 2.45) is 35.2 Å². The maximum atomic E-state index is 6.48. The monoisotopic (exact) mass is 1760 g/mol. The number of furan rings is 5. The van der Waals surface area contributed by atoms with E-state index in [1.54, 1.807) is 0 Å². The maximum absolute atomic E-state index is 6.48. The first-order valence-electron chi connectivity index (χ1n) is 48.2. The van der Waals surface area contributed by atoms with Crippen molar-refractivity contribution in [2.75, 3.05) is 0 Å². The number of nitrogens with zero attached hydrogens (tertiary/aromatic N) is 10. The third-order valence-corrected chi connectivity index (χ3v) is 28.1. The molecule has 0 radical (unpaired) electrons. The van der Waals surface area contributed by atoms with Gasteiger partial charge in [-0.15, -0.1) is 0 Å². The van der Waals surface area contributed by atoms with Crippen LogP contribution in [-0.4, -0.2) is 24.9 Å². The number of benzene rings is 5. The molecule has 20 aromatic rings. The Morgan fingerprint density at radius 1 is 0.278 bits per heavy atom. The lowest BCUT2D eigenvalue weighted by atomic mass is 9.86. The van der Waals surface area contributed by atoms with Gasteiger partial charge in [-0.3, -0.25) is 0 Å². The second-order valence-electron chi connectivity index (χ2n) is 38.4. The molecule has 0 aliphatic heterocycles. The summed E-state index contributed by atoms with van der Waals surface area (Å²) in [4.78, 5) is 23.8. The lowest BCUT2D eigenvalue weighted by molar-refractivity contribution is -0.660. The normalized spacial score (nSPS) is 13.3. The first-order chi connectivity index (χ1) is 64.2. The van der Waals surface area contributed by atoms with Gasteiger partial charge in [-0.25, -0.2) is 47.8 Å². The van der Waals surface area contributed by atoms with Crippen molar-refractivity contribution >= 4 is 110 Å². The molecule has 133 heavy (non-hydrogen) atoms. The zero-order chi connectivity index (χ0) is 93.1. The van der Waals surface area contributed by atoms with Crippen LogP contribution in [0.15, 0.2) is 235 Å². The van der Waals surface area contributed by atoms with Crippen LogP contribution in [0.2, 0.25) is 0 Å². The Morgan fingerprint density at radius 2 is 0.556 bits per heavy atom. The van der Waals surface area contributed by atoms with Crippen LogP contribution in [0.5, 0.6) is 0 Å². The van der Waals surface area contributed by atoms with E-state index in [1.165, 1.54) is 147 Å². The van der Waals surface area contributed by atoms with Crippen LogP contribution < -0.4 is 22.8 Å². The molecule has 15 heteroatoms. The fourth-order valence-corrected chi connectivity index (χ4v) is 20.1. The van der Waals surface area contributed by atoms with Crippen molar-refractivity contribution < 1.29 is 44.9 Å². The number of fused-ring (bicyclic) bond motifs is 15. The average molecular weight is 1770 g/mol. The Morgan fingerprint density at radius 3 is 0.857 bits per heavy atom. The molecule has 15 aromatic heterocycles. The summed E-state index contributed by atoms with van der Waals surface area (Å²) >= 11 is 0. The molecule has 0 atom stereocenters. The molecule has 2 aliphatic carbocycles. The molecule has 2 aliphatic rings. The Hall–Kier alpha value is -13.4. The van der Waals surface area contributed by atoms with Crippen molar-refractivity contribution in [3.05, 3.63) is 297 Å². The van der Waals surface area contributed by atoms with Crippen molar-refractivity contribution in [1.82, 2.24) is 24.9 Å². The fraction of sp³-hybridized carbons (Fsp3) is 0.322. The molecule has 0 saturated heterocycles. The highest BCUT2D eigenvalue weighted by molar-refractivity contribution is 6.13. The predicted octanol–water partition coefficient (Wildman–Crippen LogP) is 28.3. The van der Waals surface area contributed by atoms with Gasteiger partial charge in [-0.2, -0.15) is 0 Å². The number of hydrogen-bond donors (Lipinski definition) is 0. The quantitative estimate of drug-likeness (QED) is 0.102. The van der Waals surface area contributed by atoms with Crippen LogP contribution in [0.4, 0.5) is 0 Å². The highest BCUT2D eigenvalue weighted by Crippen LogP contribution is 2.45. The first kappa shape index (κ1) is 90.2. The lowest BCUT2D eigenvalue weighted by Crippen LogP contribution is -2.31. The van der Waals surface area contributed by atoms with Crippen molar-refractivity contribution in [3.8, 4) is 56.3 Å². The van der Waals surface area contributed by atoms with Gasteiger partial charge in [0, 0.05) is 153 Å². The maximum Gasteiger partial charge on any atom is 0.227 e. The van der Waals surface area contributed by atoms with Crippen LogP contribution in [-0.2, 0) is 54.5 Å². The first-order valence-corrected chi connectivity index (χ1v) is 48.2. The Labute approximate surface area is 781 Å². The molecule has 674 valence electrons. The Bertz CT molecular complexity index is 7680. The van der Waals surface area contributed by atoms with E-state index in [0.717, 1.165) is 169 Å². The second kappa shape index (κ2) is 37.7. The summed E-state index contributed by atoms with van der Waals surface area (Å²) in [7, 11) is 10.5. The van der Waals surface area contributed by atoms with E-state index in [4.69, 9.17) is 37.0 Å². The molecule has 15 heterocycles. The minimum absolute atomic E-state index is 0.383. The van der Waals surface area contributed by atoms with Crippen LogP contribution >= 0.6 is 0 Å². The van der Waals surface area contributed by atoms with Gasteiger partial charge in [-0.1, -0.05) is 155 Å². The van der Waals surface area contributed by atoms with Gasteiger partial charge < -0.3 is 22.1 Å². The highest BCUT2D eigenvalue weighted by atomic mass is 16.4. The SMILES string of the molecule is CCc1ccc(-c2c(C)ccc3c2oc2nc(C(C)C)ccc23)[n+](C)c1.CCc1ccc(-c2c(C)ccc3c2oc2nc(C)ccc23)[n+](C)c1.CCc1ccc(-c2c(C)ccc3c2oc2nc(C)ccc23)[n+](C)c1.Cc1ccc2c(oc3nc(C4CCCC4)ccc32)c1-c1cc(C(C)C)cc[n+]1C.Cc1ccc2c(oc3nc(C4CCCCC4)ccc32)c1-c1cc(C(C)C)cc[n+]1C. The molecule has 0 bridgehead atoms. The summed E-state index contributed by atoms with van der Waals surface area (Å²) in [6.07, 6.45) is 25.6. The van der Waals surface area contributed by atoms with E-state index >= 15 is 0 Å². The van der Waals surface area contributed by atoms with E-state index in [0.29, 0.717) is 41.0 Å². The third-order valence-electron chi connectivity index (χ3n) is 28.1. The van der Waals surface area contributed by atoms with Gasteiger partial charge in [0.25, 0.3) is 0 Å². The van der Waals surface area contributed by atoms with E-state index in [1.807, 2.05) is 26.0 Å². The summed E-state index contributed by atoms with van der Waals surface area (Å²) in [6, 6.07) is 65.3. The van der Waals surface area contributed by atoms with Crippen LogP contribution in [0.3, 0.4) is 0 Å². The zero-order valence-electron chi connectivity index (χ0n) is 81.6. The summed E-state index contributed by atoms with van der Waals surface area (Å²) in [5.41, 5.74) is 38.2. The van der Waals surface area contributed by atoms with Gasteiger partial charge >= 0.3 is 0 Å². The van der Waals surface area contributed by atoms with Gasteiger partial charge in [0.15, 0.2) is 58.9 Å². The summed E-state index contributed by atoms with van der Waals surface area (Å²) in [5, 5.41) is 11.1. The number of aromatic nitrogens is 10. The summed E-state index contributed by atoms with van der Waals surface area (Å²) in [5.74, 6) is 2.53. The molecule has 0 spiro atoms. The minimum Gasteiger partial charge on any atom is -0.437 e. The fourth-order valence-electron chi connectivity index (χ4n) is 20.1. The zero-order valence-corrected chi connectivity index (χ0v) is 81.6. The van der Waals surface area contributed by atoms with Gasteiger partial charge in [0.1, 0.15) is 35.2 Å². The molecule has 5 aromatic carbocycles. The van der Waals surface area contributed by atoms with Gasteiger partial charge in [0.2, 0.25) is 57.0 Å². The molecular formula is C118H127N10O5+5. The van der Waals surface area contributed by atoms with Crippen LogP contribution in [0, 0.1) is 48.5 Å². The van der Waals surface area contributed by atoms with E-state index in [2.05, 4.69) is 366 Å². The van der Waals surface area contributed by atoms with Gasteiger partial charge in [-0.05, 0) is 229 Å². The van der Waals surface area contributed by atoms with E-state index in [-0.39, 0.29) is 0 Å². The number of pyridine rings is 10. The van der Waals surface area contributed by atoms with Crippen molar-refractivity contribution in [2.45, 2.75) is 217 Å². The van der Waals surface area contributed by atoms with Crippen LogP contribution in [0.25, 0.3) is 167 Å². The summed E-state index contributed by atoms with van der Waals surface area (Å²) < 4.78 is 42.6. The Kier molecular flexibility index (Phi) is 25.6.